The van der Waals surface area contributed by atoms with Crippen molar-refractivity contribution < 1.29 is 9.47 Å². The van der Waals surface area contributed by atoms with E-state index in [1.165, 1.54) is 0 Å². The molecule has 1 aliphatic rings. The van der Waals surface area contributed by atoms with Gasteiger partial charge in [-0.3, -0.25) is 0 Å². The molecule has 1 heterocycles. The van der Waals surface area contributed by atoms with Gasteiger partial charge in [0.15, 0.2) is 0 Å². The van der Waals surface area contributed by atoms with Gasteiger partial charge in [-0.15, -0.1) is 0 Å². The second-order valence-corrected chi connectivity index (χ2v) is 2.19. The summed E-state index contributed by atoms with van der Waals surface area (Å²) in [6.45, 7) is 2.48. The van der Waals surface area contributed by atoms with Crippen molar-refractivity contribution in [3.8, 4) is 0 Å². The molecule has 1 atom stereocenters. The van der Waals surface area contributed by atoms with Crippen molar-refractivity contribution >= 4 is 0 Å². The Morgan fingerprint density at radius 1 is 1.67 bits per heavy atom. The zero-order valence-corrected chi connectivity index (χ0v) is 5.72. The minimum Gasteiger partial charge on any atom is -0.359 e. The Morgan fingerprint density at radius 3 is 3.11 bits per heavy atom. The second-order valence-electron chi connectivity index (χ2n) is 2.19. The average molecular weight is 131 g/mol. The molecule has 0 aromatic carbocycles. The summed E-state index contributed by atoms with van der Waals surface area (Å²) in [7, 11) is 1.64. The van der Waals surface area contributed by atoms with E-state index in [1.54, 1.807) is 7.11 Å². The van der Waals surface area contributed by atoms with Gasteiger partial charge in [-0.2, -0.15) is 0 Å². The van der Waals surface area contributed by atoms with Gasteiger partial charge in [0, 0.05) is 13.7 Å². The van der Waals surface area contributed by atoms with Gasteiger partial charge in [0.25, 0.3) is 0 Å². The third-order valence-corrected chi connectivity index (χ3v) is 1.44. The van der Waals surface area contributed by atoms with Gasteiger partial charge in [0.05, 0.1) is 6.10 Å². The Labute approximate surface area is 55.3 Å². The van der Waals surface area contributed by atoms with Crippen LogP contribution in [-0.4, -0.2) is 33.1 Å². The van der Waals surface area contributed by atoms with Crippen molar-refractivity contribution in [1.82, 2.24) is 5.32 Å². The molecule has 54 valence electrons. The molecular formula is C6H13NO2. The third-order valence-electron chi connectivity index (χ3n) is 1.44. The Kier molecular flexibility index (Phi) is 2.97. The molecule has 0 aromatic rings. The van der Waals surface area contributed by atoms with E-state index in [9.17, 15) is 0 Å². The van der Waals surface area contributed by atoms with Gasteiger partial charge in [0.1, 0.15) is 6.79 Å². The van der Waals surface area contributed by atoms with Crippen LogP contribution in [0, 0.1) is 0 Å². The summed E-state index contributed by atoms with van der Waals surface area (Å²) in [5.74, 6) is 0. The summed E-state index contributed by atoms with van der Waals surface area (Å²) in [5, 5.41) is 3.20. The Morgan fingerprint density at radius 2 is 2.56 bits per heavy atom. The molecule has 1 aliphatic heterocycles. The number of nitrogens with one attached hydrogen (secondary N) is 1. The summed E-state index contributed by atoms with van der Waals surface area (Å²) in [6.07, 6.45) is 1.49. The lowest BCUT2D eigenvalue weighted by Gasteiger charge is -2.07. The van der Waals surface area contributed by atoms with Crippen LogP contribution in [-0.2, 0) is 9.47 Å². The van der Waals surface area contributed by atoms with Gasteiger partial charge in [-0.1, -0.05) is 0 Å². The molecule has 0 aliphatic carbocycles. The minimum absolute atomic E-state index is 0.380. The quantitative estimate of drug-likeness (QED) is 0.545. The van der Waals surface area contributed by atoms with Crippen molar-refractivity contribution in [2.45, 2.75) is 12.5 Å². The second kappa shape index (κ2) is 3.82. The summed E-state index contributed by atoms with van der Waals surface area (Å²) in [6, 6.07) is 0. The van der Waals surface area contributed by atoms with E-state index in [2.05, 4.69) is 5.32 Å². The highest BCUT2D eigenvalue weighted by atomic mass is 16.7. The smallest absolute Gasteiger partial charge is 0.146 e. The molecule has 3 nitrogen and oxygen atoms in total. The molecule has 0 aromatic heterocycles. The van der Waals surface area contributed by atoms with Crippen LogP contribution in [0.1, 0.15) is 6.42 Å². The molecule has 0 unspecified atom stereocenters. The zero-order chi connectivity index (χ0) is 6.53. The largest absolute Gasteiger partial charge is 0.359 e. The Balaban J connectivity index is 1.98. The molecule has 0 saturated carbocycles. The minimum atomic E-state index is 0.380. The van der Waals surface area contributed by atoms with E-state index in [0.29, 0.717) is 12.9 Å². The van der Waals surface area contributed by atoms with Crippen molar-refractivity contribution in [2.24, 2.45) is 0 Å². The van der Waals surface area contributed by atoms with Gasteiger partial charge in [-0.25, -0.2) is 0 Å². The van der Waals surface area contributed by atoms with E-state index in [-0.39, 0.29) is 0 Å². The number of hydrogen-bond acceptors (Lipinski definition) is 3. The fourth-order valence-electron chi connectivity index (χ4n) is 0.935. The molecule has 0 radical (unpaired) electrons. The molecule has 3 heteroatoms. The fraction of sp³-hybridized carbons (Fsp3) is 1.00. The maximum atomic E-state index is 5.27. The molecule has 1 N–H and O–H groups in total. The Hall–Kier alpha value is -0.120. The summed E-state index contributed by atoms with van der Waals surface area (Å²) in [4.78, 5) is 0. The average Bonchev–Trinajstić information content (AvgIpc) is 2.34. The van der Waals surface area contributed by atoms with E-state index in [1.807, 2.05) is 0 Å². The number of methoxy groups -OCH3 is 1. The lowest BCUT2D eigenvalue weighted by Crippen LogP contribution is -2.17. The number of rotatable bonds is 3. The molecule has 0 bridgehead atoms. The van der Waals surface area contributed by atoms with Crippen molar-refractivity contribution in [3.05, 3.63) is 0 Å². The summed E-state index contributed by atoms with van der Waals surface area (Å²) >= 11 is 0. The molecule has 9 heavy (non-hydrogen) atoms. The molecule has 0 amide bonds. The Bertz CT molecular complexity index is 71.5. The molecular weight excluding hydrogens is 118 g/mol. The molecule has 1 fully saturated rings. The number of ether oxygens (including phenoxy) is 2. The number of hydrogen-bond donors (Lipinski definition) is 1. The van der Waals surface area contributed by atoms with E-state index in [4.69, 9.17) is 9.47 Å². The van der Waals surface area contributed by atoms with Crippen LogP contribution >= 0.6 is 0 Å². The lowest BCUT2D eigenvalue weighted by atomic mass is 10.3. The highest BCUT2D eigenvalue weighted by Crippen LogP contribution is 2.01. The van der Waals surface area contributed by atoms with E-state index < -0.39 is 0 Å². The van der Waals surface area contributed by atoms with Crippen LogP contribution in [0.3, 0.4) is 0 Å². The maximum absolute atomic E-state index is 5.27. The monoisotopic (exact) mass is 131 g/mol. The van der Waals surface area contributed by atoms with Gasteiger partial charge in [-0.05, 0) is 13.0 Å². The first kappa shape index (κ1) is 6.99. The first-order valence-electron chi connectivity index (χ1n) is 3.24. The predicted octanol–water partition coefficient (Wildman–Crippen LogP) is -0.0312. The first-order chi connectivity index (χ1) is 4.43. The van der Waals surface area contributed by atoms with Crippen molar-refractivity contribution in [1.29, 1.82) is 0 Å². The van der Waals surface area contributed by atoms with Crippen LogP contribution in [0.15, 0.2) is 0 Å². The lowest BCUT2D eigenvalue weighted by molar-refractivity contribution is -0.0642. The summed E-state index contributed by atoms with van der Waals surface area (Å²) < 4.78 is 10.0. The zero-order valence-electron chi connectivity index (χ0n) is 5.72. The van der Waals surface area contributed by atoms with Crippen molar-refractivity contribution in [3.63, 3.8) is 0 Å². The van der Waals surface area contributed by atoms with E-state index >= 15 is 0 Å². The van der Waals surface area contributed by atoms with Gasteiger partial charge >= 0.3 is 0 Å². The third kappa shape index (κ3) is 2.30. The highest BCUT2D eigenvalue weighted by molar-refractivity contribution is 4.69. The van der Waals surface area contributed by atoms with Crippen molar-refractivity contribution in [2.75, 3.05) is 27.0 Å². The topological polar surface area (TPSA) is 30.5 Å². The van der Waals surface area contributed by atoms with Gasteiger partial charge in [0.2, 0.25) is 0 Å². The fourth-order valence-corrected chi connectivity index (χ4v) is 0.935. The highest BCUT2D eigenvalue weighted by Gasteiger charge is 2.13. The van der Waals surface area contributed by atoms with Crippen LogP contribution in [0.25, 0.3) is 0 Å². The van der Waals surface area contributed by atoms with Crippen LogP contribution in [0.2, 0.25) is 0 Å². The SMILES string of the molecule is COCO[C@H]1CCNC1. The normalized spacial score (nSPS) is 27.0. The van der Waals surface area contributed by atoms with Crippen LogP contribution in [0.4, 0.5) is 0 Å². The van der Waals surface area contributed by atoms with Crippen LogP contribution < -0.4 is 5.32 Å². The maximum Gasteiger partial charge on any atom is 0.146 e. The molecule has 1 saturated heterocycles. The first-order valence-corrected chi connectivity index (χ1v) is 3.24. The standard InChI is InChI=1S/C6H13NO2/c1-8-5-9-6-2-3-7-4-6/h6-7H,2-5H2,1H3/t6-/m0/s1. The van der Waals surface area contributed by atoms with E-state index in [0.717, 1.165) is 19.5 Å². The summed E-state index contributed by atoms with van der Waals surface area (Å²) in [5.41, 5.74) is 0. The predicted molar refractivity (Wildman–Crippen MR) is 34.2 cm³/mol. The van der Waals surface area contributed by atoms with Gasteiger partial charge < -0.3 is 14.8 Å². The molecule has 1 rings (SSSR count). The van der Waals surface area contributed by atoms with Crippen LogP contribution in [0.5, 0.6) is 0 Å². The molecule has 0 spiro atoms.